The van der Waals surface area contributed by atoms with Crippen molar-refractivity contribution in [1.82, 2.24) is 20.5 Å². The second-order valence-electron chi connectivity index (χ2n) is 6.63. The van der Waals surface area contributed by atoms with Gasteiger partial charge in [-0.3, -0.25) is 0 Å². The first-order valence-corrected chi connectivity index (χ1v) is 9.44. The van der Waals surface area contributed by atoms with E-state index in [1.54, 1.807) is 13.3 Å². The molecule has 0 aliphatic heterocycles. The highest BCUT2D eigenvalue weighted by Crippen LogP contribution is 2.20. The fourth-order valence-electron chi connectivity index (χ4n) is 2.74. The molecule has 0 bridgehead atoms. The second-order valence-corrected chi connectivity index (χ2v) is 6.63. The summed E-state index contributed by atoms with van der Waals surface area (Å²) in [6.07, 6.45) is 2.59. The predicted octanol–water partition coefficient (Wildman–Crippen LogP) is 2.98. The molecule has 2 amide bonds. The van der Waals surface area contributed by atoms with Gasteiger partial charge < -0.3 is 25.0 Å². The monoisotopic (exact) mass is 386 g/mol. The van der Waals surface area contributed by atoms with Crippen LogP contribution in [0.2, 0.25) is 0 Å². The van der Waals surface area contributed by atoms with Crippen molar-refractivity contribution in [1.29, 1.82) is 0 Å². The maximum absolute atomic E-state index is 12.3. The van der Waals surface area contributed by atoms with Gasteiger partial charge in [-0.2, -0.15) is 0 Å². The highest BCUT2D eigenvalue weighted by molar-refractivity contribution is 5.73. The van der Waals surface area contributed by atoms with Crippen molar-refractivity contribution in [3.63, 3.8) is 0 Å². The Morgan fingerprint density at radius 2 is 1.93 bits per heavy atom. The number of amides is 2. The Bertz CT molecular complexity index is 735. The Hall–Kier alpha value is -2.80. The zero-order chi connectivity index (χ0) is 20.4. The Kier molecular flexibility index (Phi) is 8.55. The number of carbonyl (C=O) groups excluding carboxylic acids is 1. The van der Waals surface area contributed by atoms with Gasteiger partial charge in [-0.1, -0.05) is 25.1 Å². The molecule has 1 heterocycles. The smallest absolute Gasteiger partial charge is 0.315 e. The highest BCUT2D eigenvalue weighted by atomic mass is 16.5. The van der Waals surface area contributed by atoms with Gasteiger partial charge in [0.2, 0.25) is 5.88 Å². The summed E-state index contributed by atoms with van der Waals surface area (Å²) in [5.41, 5.74) is 1.96. The van der Waals surface area contributed by atoms with E-state index in [0.717, 1.165) is 23.3 Å². The van der Waals surface area contributed by atoms with Crippen LogP contribution in [0.3, 0.4) is 0 Å². The molecule has 0 radical (unpaired) electrons. The van der Waals surface area contributed by atoms with E-state index < -0.39 is 0 Å². The SMILES string of the molecule is CCCOc1ncccc1CNC(=O)NCC(c1ccc(OC)cc1)N(C)C. The quantitative estimate of drug-likeness (QED) is 0.657. The number of likely N-dealkylation sites (N-methyl/N-ethyl adjacent to an activating group) is 1. The number of carbonyl (C=O) groups is 1. The summed E-state index contributed by atoms with van der Waals surface area (Å²) in [4.78, 5) is 18.6. The molecule has 1 aromatic carbocycles. The summed E-state index contributed by atoms with van der Waals surface area (Å²) >= 11 is 0. The third-order valence-corrected chi connectivity index (χ3v) is 4.31. The highest BCUT2D eigenvalue weighted by Gasteiger charge is 2.15. The Morgan fingerprint density at radius 1 is 1.18 bits per heavy atom. The fourth-order valence-corrected chi connectivity index (χ4v) is 2.74. The van der Waals surface area contributed by atoms with Crippen LogP contribution in [0.1, 0.15) is 30.5 Å². The van der Waals surface area contributed by atoms with E-state index in [4.69, 9.17) is 9.47 Å². The Morgan fingerprint density at radius 3 is 2.57 bits per heavy atom. The van der Waals surface area contributed by atoms with Crippen LogP contribution in [0.4, 0.5) is 4.79 Å². The summed E-state index contributed by atoms with van der Waals surface area (Å²) in [6, 6.07) is 11.4. The minimum atomic E-state index is -0.231. The first kappa shape index (κ1) is 21.5. The summed E-state index contributed by atoms with van der Waals surface area (Å²) in [6.45, 7) is 3.48. The van der Waals surface area contributed by atoms with Crippen LogP contribution in [0.5, 0.6) is 11.6 Å². The van der Waals surface area contributed by atoms with Gasteiger partial charge in [0.15, 0.2) is 0 Å². The molecule has 2 aromatic rings. The summed E-state index contributed by atoms with van der Waals surface area (Å²) in [5.74, 6) is 1.37. The second kappa shape index (κ2) is 11.1. The lowest BCUT2D eigenvalue weighted by atomic mass is 10.1. The number of ether oxygens (including phenoxy) is 2. The van der Waals surface area contributed by atoms with Gasteiger partial charge in [-0.15, -0.1) is 0 Å². The Labute approximate surface area is 167 Å². The third-order valence-electron chi connectivity index (χ3n) is 4.31. The van der Waals surface area contributed by atoms with Crippen LogP contribution >= 0.6 is 0 Å². The molecule has 0 saturated carbocycles. The molecule has 7 heteroatoms. The average molecular weight is 386 g/mol. The molecule has 1 unspecified atom stereocenters. The molecule has 0 aliphatic carbocycles. The van der Waals surface area contributed by atoms with Gasteiger partial charge in [0.25, 0.3) is 0 Å². The maximum atomic E-state index is 12.3. The molecule has 7 nitrogen and oxygen atoms in total. The van der Waals surface area contributed by atoms with E-state index >= 15 is 0 Å². The molecule has 152 valence electrons. The van der Waals surface area contributed by atoms with E-state index in [9.17, 15) is 4.79 Å². The molecule has 0 fully saturated rings. The summed E-state index contributed by atoms with van der Waals surface area (Å²) in [7, 11) is 5.62. The number of hydrogen-bond acceptors (Lipinski definition) is 5. The molecule has 2 rings (SSSR count). The summed E-state index contributed by atoms with van der Waals surface area (Å²) < 4.78 is 10.8. The van der Waals surface area contributed by atoms with Crippen molar-refractivity contribution < 1.29 is 14.3 Å². The lowest BCUT2D eigenvalue weighted by molar-refractivity contribution is 0.232. The molecular formula is C21H30N4O3. The van der Waals surface area contributed by atoms with Gasteiger partial charge in [-0.05, 0) is 44.3 Å². The topological polar surface area (TPSA) is 75.7 Å². The van der Waals surface area contributed by atoms with Crippen LogP contribution < -0.4 is 20.1 Å². The van der Waals surface area contributed by atoms with Crippen LogP contribution in [0, 0.1) is 0 Å². The number of benzene rings is 1. The van der Waals surface area contributed by atoms with E-state index in [0.29, 0.717) is 25.6 Å². The van der Waals surface area contributed by atoms with Crippen LogP contribution in [-0.4, -0.2) is 50.3 Å². The minimum absolute atomic E-state index is 0.0542. The fraction of sp³-hybridized carbons (Fsp3) is 0.429. The van der Waals surface area contributed by atoms with Crippen molar-refractivity contribution in [2.24, 2.45) is 0 Å². The molecular weight excluding hydrogens is 356 g/mol. The van der Waals surface area contributed by atoms with E-state index in [1.807, 2.05) is 57.4 Å². The van der Waals surface area contributed by atoms with Crippen LogP contribution in [0.15, 0.2) is 42.6 Å². The zero-order valence-electron chi connectivity index (χ0n) is 17.1. The number of pyridine rings is 1. The molecule has 1 aromatic heterocycles. The molecule has 0 aliphatic rings. The number of methoxy groups -OCH3 is 1. The van der Waals surface area contributed by atoms with Crippen molar-refractivity contribution in [2.45, 2.75) is 25.9 Å². The van der Waals surface area contributed by atoms with Crippen molar-refractivity contribution in [3.05, 3.63) is 53.7 Å². The van der Waals surface area contributed by atoms with E-state index in [-0.39, 0.29) is 12.1 Å². The lowest BCUT2D eigenvalue weighted by Crippen LogP contribution is -2.40. The number of hydrogen-bond donors (Lipinski definition) is 2. The van der Waals surface area contributed by atoms with Gasteiger partial charge in [-0.25, -0.2) is 9.78 Å². The van der Waals surface area contributed by atoms with Crippen molar-refractivity contribution in [2.75, 3.05) is 34.4 Å². The number of nitrogens with zero attached hydrogens (tertiary/aromatic N) is 2. The van der Waals surface area contributed by atoms with E-state index in [1.165, 1.54) is 0 Å². The van der Waals surface area contributed by atoms with Gasteiger partial charge >= 0.3 is 6.03 Å². The first-order valence-electron chi connectivity index (χ1n) is 9.44. The largest absolute Gasteiger partial charge is 0.497 e. The lowest BCUT2D eigenvalue weighted by Gasteiger charge is -2.25. The zero-order valence-corrected chi connectivity index (χ0v) is 17.1. The molecule has 1 atom stereocenters. The van der Waals surface area contributed by atoms with Gasteiger partial charge in [0, 0.05) is 24.8 Å². The predicted molar refractivity (Wildman–Crippen MR) is 110 cm³/mol. The van der Waals surface area contributed by atoms with Crippen molar-refractivity contribution >= 4 is 6.03 Å². The van der Waals surface area contributed by atoms with Gasteiger partial charge in [0.1, 0.15) is 5.75 Å². The minimum Gasteiger partial charge on any atom is -0.497 e. The van der Waals surface area contributed by atoms with Crippen molar-refractivity contribution in [3.8, 4) is 11.6 Å². The number of urea groups is 1. The number of rotatable bonds is 10. The van der Waals surface area contributed by atoms with Crippen LogP contribution in [-0.2, 0) is 6.54 Å². The third kappa shape index (κ3) is 6.42. The number of nitrogens with one attached hydrogen (secondary N) is 2. The van der Waals surface area contributed by atoms with Gasteiger partial charge in [0.05, 0.1) is 19.8 Å². The van der Waals surface area contributed by atoms with E-state index in [2.05, 4.69) is 20.5 Å². The van der Waals surface area contributed by atoms with Crippen LogP contribution in [0.25, 0.3) is 0 Å². The molecule has 0 spiro atoms. The Balaban J connectivity index is 1.89. The maximum Gasteiger partial charge on any atom is 0.315 e. The normalized spacial score (nSPS) is 11.8. The standard InChI is InChI=1S/C21H30N4O3/c1-5-13-28-20-17(7-6-12-22-20)14-23-21(26)24-15-19(25(2)3)16-8-10-18(27-4)11-9-16/h6-12,19H,5,13-15H2,1-4H3,(H2,23,24,26). The summed E-state index contributed by atoms with van der Waals surface area (Å²) in [5, 5.41) is 5.81. The molecule has 0 saturated heterocycles. The number of aromatic nitrogens is 1. The molecule has 28 heavy (non-hydrogen) atoms. The molecule has 2 N–H and O–H groups in total. The first-order chi connectivity index (χ1) is 13.5. The average Bonchev–Trinajstić information content (AvgIpc) is 2.71.